The summed E-state index contributed by atoms with van der Waals surface area (Å²) in [6.45, 7) is 22.9. The van der Waals surface area contributed by atoms with Gasteiger partial charge in [-0.15, -0.1) is 0 Å². The third kappa shape index (κ3) is 16.0. The Balaban J connectivity index is 2.02. The van der Waals surface area contributed by atoms with Crippen LogP contribution in [0.5, 0.6) is 23.0 Å². The third-order valence-electron chi connectivity index (χ3n) is 9.64. The number of nitrogens with one attached hydrogen (secondary N) is 1. The summed E-state index contributed by atoms with van der Waals surface area (Å²) >= 11 is 0. The third-order valence-corrected chi connectivity index (χ3v) is 9.64. The molecule has 0 atom stereocenters. The molecule has 0 heterocycles. The van der Waals surface area contributed by atoms with Crippen LogP contribution in [0.25, 0.3) is 5.57 Å². The maximum absolute atomic E-state index is 13.3. The highest BCUT2D eigenvalue weighted by atomic mass is 16.5. The molecule has 0 aliphatic carbocycles. The van der Waals surface area contributed by atoms with E-state index in [-0.39, 0.29) is 22.5 Å². The van der Waals surface area contributed by atoms with Crippen LogP contribution in [-0.4, -0.2) is 35.9 Å². The minimum Gasteiger partial charge on any atom is -0.507 e. The molecule has 2 rings (SSSR count). The van der Waals surface area contributed by atoms with Crippen LogP contribution in [0.4, 0.5) is 0 Å². The lowest BCUT2D eigenvalue weighted by Crippen LogP contribution is -2.25. The maximum Gasteiger partial charge on any atom is 0.251 e. The van der Waals surface area contributed by atoms with Gasteiger partial charge >= 0.3 is 0 Å². The molecule has 0 radical (unpaired) electrons. The first-order valence-corrected chi connectivity index (χ1v) is 20.2. The number of hydrogen-bond acceptors (Lipinski definition) is 5. The summed E-state index contributed by atoms with van der Waals surface area (Å²) in [4.78, 5) is 13.3. The molecular formula is C45H73NO5. The van der Waals surface area contributed by atoms with Gasteiger partial charge in [0.15, 0.2) is 11.5 Å². The largest absolute Gasteiger partial charge is 0.507 e. The Morgan fingerprint density at radius 2 is 1.06 bits per heavy atom. The summed E-state index contributed by atoms with van der Waals surface area (Å²) in [5, 5.41) is 25.2. The van der Waals surface area contributed by atoms with Gasteiger partial charge in [0.05, 0.1) is 13.2 Å². The second-order valence-corrected chi connectivity index (χ2v) is 16.5. The molecule has 0 spiro atoms. The number of rotatable bonds is 25. The zero-order valence-electron chi connectivity index (χ0n) is 33.8. The molecule has 0 fully saturated rings. The van der Waals surface area contributed by atoms with Crippen molar-refractivity contribution in [3.05, 3.63) is 53.1 Å². The van der Waals surface area contributed by atoms with Crippen molar-refractivity contribution in [2.75, 3.05) is 19.8 Å². The summed E-state index contributed by atoms with van der Waals surface area (Å²) < 4.78 is 12.1. The van der Waals surface area contributed by atoms with Gasteiger partial charge in [0, 0.05) is 12.1 Å². The van der Waals surface area contributed by atoms with Gasteiger partial charge in [0.2, 0.25) is 5.75 Å². The molecule has 2 aromatic carbocycles. The van der Waals surface area contributed by atoms with Crippen LogP contribution >= 0.6 is 0 Å². The van der Waals surface area contributed by atoms with Crippen molar-refractivity contribution in [3.63, 3.8) is 0 Å². The lowest BCUT2D eigenvalue weighted by molar-refractivity contribution is -0.115. The minimum absolute atomic E-state index is 0.0173. The molecule has 288 valence electrons. The van der Waals surface area contributed by atoms with Crippen LogP contribution in [-0.2, 0) is 22.0 Å². The van der Waals surface area contributed by atoms with Gasteiger partial charge in [-0.3, -0.25) is 4.79 Å². The Hall–Kier alpha value is -3.15. The Kier molecular flexibility index (Phi) is 19.6. The van der Waals surface area contributed by atoms with E-state index in [9.17, 15) is 15.0 Å². The zero-order chi connectivity index (χ0) is 37.9. The second kappa shape index (κ2) is 22.7. The number of aryl methyl sites for hydroxylation is 1. The number of aromatic hydroxyl groups is 2. The van der Waals surface area contributed by atoms with E-state index >= 15 is 0 Å². The van der Waals surface area contributed by atoms with Crippen LogP contribution in [0.15, 0.2) is 30.8 Å². The first kappa shape index (κ1) is 44.0. The van der Waals surface area contributed by atoms with E-state index in [1.807, 2.05) is 0 Å². The van der Waals surface area contributed by atoms with Crippen molar-refractivity contribution in [2.45, 2.75) is 175 Å². The van der Waals surface area contributed by atoms with Crippen molar-refractivity contribution >= 4 is 11.5 Å². The fourth-order valence-corrected chi connectivity index (χ4v) is 6.34. The predicted octanol–water partition coefficient (Wildman–Crippen LogP) is 12.1. The molecule has 0 aromatic heterocycles. The molecule has 2 aromatic rings. The number of carbonyl (C=O) groups excluding carboxylic acids is 1. The summed E-state index contributed by atoms with van der Waals surface area (Å²) in [6, 6.07) is 7.69. The topological polar surface area (TPSA) is 88.0 Å². The quantitative estimate of drug-likeness (QED) is 0.0706. The number of hydrogen-bond donors (Lipinski definition) is 3. The molecule has 0 unspecified atom stereocenters. The van der Waals surface area contributed by atoms with E-state index < -0.39 is 0 Å². The monoisotopic (exact) mass is 708 g/mol. The van der Waals surface area contributed by atoms with E-state index in [0.29, 0.717) is 48.1 Å². The molecule has 0 bridgehead atoms. The Labute approximate surface area is 311 Å². The number of phenols is 2. The first-order chi connectivity index (χ1) is 24.2. The van der Waals surface area contributed by atoms with Crippen molar-refractivity contribution in [2.24, 2.45) is 0 Å². The van der Waals surface area contributed by atoms with E-state index in [1.165, 1.54) is 69.8 Å². The van der Waals surface area contributed by atoms with Crippen LogP contribution in [0.2, 0.25) is 0 Å². The number of benzene rings is 2. The highest BCUT2D eigenvalue weighted by Gasteiger charge is 2.26. The van der Waals surface area contributed by atoms with Crippen LogP contribution in [0.1, 0.15) is 180 Å². The van der Waals surface area contributed by atoms with Gasteiger partial charge in [-0.05, 0) is 77.3 Å². The molecular weight excluding hydrogens is 634 g/mol. The van der Waals surface area contributed by atoms with Gasteiger partial charge in [0.25, 0.3) is 5.91 Å². The zero-order valence-corrected chi connectivity index (χ0v) is 33.8. The van der Waals surface area contributed by atoms with Crippen LogP contribution in [0, 0.1) is 0 Å². The SMILES string of the molecule is C=C(C(=O)NCCCCc1cc(C(C)(C)C)c(O)c(C(C)(C)C)c1)c1cc(OCCCCCCCCC)c(O)c(OCCCCCCCCC)c1. The van der Waals surface area contributed by atoms with E-state index in [1.54, 1.807) is 12.1 Å². The average Bonchev–Trinajstić information content (AvgIpc) is 3.07. The van der Waals surface area contributed by atoms with Crippen molar-refractivity contribution in [1.29, 1.82) is 0 Å². The molecule has 0 saturated carbocycles. The Morgan fingerprint density at radius 3 is 1.49 bits per heavy atom. The standard InChI is InChI=1S/C45H73NO5/c1-10-12-14-16-18-20-24-28-50-39-32-36(33-40(42(39)48)51-29-25-21-19-17-15-13-11-2)34(3)43(49)46-27-23-22-26-35-30-37(44(4,5)6)41(47)38(31-35)45(7,8)9/h30-33,47-48H,3,10-29H2,1-2,4-9H3,(H,46,49). The summed E-state index contributed by atoms with van der Waals surface area (Å²) in [7, 11) is 0. The number of ether oxygens (including phenoxy) is 2. The van der Waals surface area contributed by atoms with E-state index in [2.05, 4.69) is 79.4 Å². The van der Waals surface area contributed by atoms with E-state index in [4.69, 9.17) is 9.47 Å². The molecule has 0 aliphatic rings. The van der Waals surface area contributed by atoms with Crippen molar-refractivity contribution in [1.82, 2.24) is 5.32 Å². The summed E-state index contributed by atoms with van der Waals surface area (Å²) in [6.07, 6.45) is 19.0. The number of amides is 1. The molecule has 1 amide bonds. The molecule has 6 nitrogen and oxygen atoms in total. The van der Waals surface area contributed by atoms with Gasteiger partial charge in [-0.25, -0.2) is 0 Å². The van der Waals surface area contributed by atoms with Crippen molar-refractivity contribution < 1.29 is 24.5 Å². The lowest BCUT2D eigenvalue weighted by atomic mass is 9.78. The molecule has 0 aliphatic heterocycles. The Bertz CT molecular complexity index is 1260. The van der Waals surface area contributed by atoms with Crippen molar-refractivity contribution in [3.8, 4) is 23.0 Å². The number of carbonyl (C=O) groups is 1. The molecule has 6 heteroatoms. The molecule has 0 saturated heterocycles. The highest BCUT2D eigenvalue weighted by Crippen LogP contribution is 2.41. The average molecular weight is 708 g/mol. The predicted molar refractivity (Wildman–Crippen MR) is 216 cm³/mol. The van der Waals surface area contributed by atoms with Crippen LogP contribution < -0.4 is 14.8 Å². The van der Waals surface area contributed by atoms with Gasteiger partial charge in [-0.1, -0.05) is 151 Å². The smallest absolute Gasteiger partial charge is 0.251 e. The fraction of sp³-hybridized carbons (Fsp3) is 0.667. The normalized spacial score (nSPS) is 11.8. The first-order valence-electron chi connectivity index (χ1n) is 20.2. The van der Waals surface area contributed by atoms with E-state index in [0.717, 1.165) is 56.1 Å². The number of unbranched alkanes of at least 4 members (excludes halogenated alkanes) is 13. The van der Waals surface area contributed by atoms with Gasteiger partial charge in [0.1, 0.15) is 5.75 Å². The van der Waals surface area contributed by atoms with Crippen LogP contribution in [0.3, 0.4) is 0 Å². The maximum atomic E-state index is 13.3. The highest BCUT2D eigenvalue weighted by molar-refractivity contribution is 6.18. The number of phenolic OH excluding ortho intramolecular Hbond substituents is 2. The summed E-state index contributed by atoms with van der Waals surface area (Å²) in [5.74, 6) is 0.805. The van der Waals surface area contributed by atoms with Gasteiger partial charge in [-0.2, -0.15) is 0 Å². The second-order valence-electron chi connectivity index (χ2n) is 16.5. The minimum atomic E-state index is -0.244. The summed E-state index contributed by atoms with van der Waals surface area (Å²) in [5.41, 5.74) is 3.72. The fourth-order valence-electron chi connectivity index (χ4n) is 6.34. The molecule has 3 N–H and O–H groups in total. The van der Waals surface area contributed by atoms with Gasteiger partial charge < -0.3 is 25.0 Å². The lowest BCUT2D eigenvalue weighted by Gasteiger charge is -2.28. The molecule has 51 heavy (non-hydrogen) atoms. The Morgan fingerprint density at radius 1 is 0.627 bits per heavy atom.